The molecule has 1 aliphatic rings. The average molecular weight is 255 g/mol. The van der Waals surface area contributed by atoms with Crippen molar-refractivity contribution in [2.45, 2.75) is 71.9 Å². The number of hydrogen-bond acceptors (Lipinski definition) is 2. The van der Waals surface area contributed by atoms with E-state index in [1.54, 1.807) is 14.0 Å². The second kappa shape index (κ2) is 6.55. The first kappa shape index (κ1) is 15.5. The van der Waals surface area contributed by atoms with Gasteiger partial charge >= 0.3 is 0 Å². The fourth-order valence-corrected chi connectivity index (χ4v) is 2.73. The molecule has 1 rings (SSSR count). The summed E-state index contributed by atoms with van der Waals surface area (Å²) >= 11 is 0. The third-order valence-electron chi connectivity index (χ3n) is 4.81. The summed E-state index contributed by atoms with van der Waals surface area (Å²) in [7, 11) is 1.57. The van der Waals surface area contributed by atoms with Crippen molar-refractivity contribution in [3.8, 4) is 0 Å². The van der Waals surface area contributed by atoms with Gasteiger partial charge in [0.15, 0.2) is 0 Å². The molecule has 0 aliphatic heterocycles. The Morgan fingerprint density at radius 1 is 1.33 bits per heavy atom. The van der Waals surface area contributed by atoms with Crippen molar-refractivity contribution < 1.29 is 9.53 Å². The van der Waals surface area contributed by atoms with Gasteiger partial charge < -0.3 is 10.1 Å². The molecular formula is C15H29NO2. The zero-order valence-corrected chi connectivity index (χ0v) is 12.6. The smallest absolute Gasteiger partial charge is 0.249 e. The molecule has 0 radical (unpaired) electrons. The number of rotatable bonds is 5. The lowest BCUT2D eigenvalue weighted by atomic mass is 9.69. The molecule has 1 aliphatic carbocycles. The summed E-state index contributed by atoms with van der Waals surface area (Å²) in [5, 5.41) is 3.10. The molecule has 0 bridgehead atoms. The number of carbonyl (C=O) groups excluding carboxylic acids is 1. The Morgan fingerprint density at radius 3 is 2.33 bits per heavy atom. The molecule has 0 aromatic heterocycles. The number of ether oxygens (including phenoxy) is 1. The van der Waals surface area contributed by atoms with E-state index in [1.165, 1.54) is 19.3 Å². The highest BCUT2D eigenvalue weighted by Crippen LogP contribution is 2.40. The van der Waals surface area contributed by atoms with Crippen LogP contribution in [0.2, 0.25) is 0 Å². The third kappa shape index (κ3) is 3.98. The first-order chi connectivity index (χ1) is 8.40. The molecule has 1 amide bonds. The fraction of sp³-hybridized carbons (Fsp3) is 0.933. The van der Waals surface area contributed by atoms with Crippen molar-refractivity contribution in [1.29, 1.82) is 0 Å². The second-order valence-corrected chi connectivity index (χ2v) is 6.28. The van der Waals surface area contributed by atoms with Crippen LogP contribution >= 0.6 is 0 Å². The van der Waals surface area contributed by atoms with Crippen molar-refractivity contribution in [1.82, 2.24) is 5.32 Å². The molecule has 1 saturated carbocycles. The minimum atomic E-state index is -0.338. The zero-order chi connectivity index (χ0) is 13.8. The lowest BCUT2D eigenvalue weighted by molar-refractivity contribution is -0.131. The normalized spacial score (nSPS) is 26.7. The summed E-state index contributed by atoms with van der Waals surface area (Å²) in [6, 6.07) is 0.346. The molecule has 3 heteroatoms. The summed E-state index contributed by atoms with van der Waals surface area (Å²) in [6.45, 7) is 8.79. The Labute approximate surface area is 112 Å². The van der Waals surface area contributed by atoms with Crippen molar-refractivity contribution in [2.24, 2.45) is 11.3 Å². The number of nitrogens with one attached hydrogen (secondary N) is 1. The molecule has 0 saturated heterocycles. The molecule has 0 spiro atoms. The van der Waals surface area contributed by atoms with Gasteiger partial charge in [0.25, 0.3) is 0 Å². The van der Waals surface area contributed by atoms with Gasteiger partial charge in [-0.15, -0.1) is 0 Å². The van der Waals surface area contributed by atoms with Crippen LogP contribution in [0.1, 0.15) is 59.8 Å². The van der Waals surface area contributed by atoms with Gasteiger partial charge in [-0.1, -0.05) is 27.2 Å². The van der Waals surface area contributed by atoms with Gasteiger partial charge in [0.1, 0.15) is 6.10 Å². The Bertz CT molecular complexity index is 268. The van der Waals surface area contributed by atoms with E-state index in [0.717, 1.165) is 18.8 Å². The minimum Gasteiger partial charge on any atom is -0.372 e. The molecule has 0 heterocycles. The number of methoxy groups -OCH3 is 1. The Morgan fingerprint density at radius 2 is 1.89 bits per heavy atom. The molecule has 3 nitrogen and oxygen atoms in total. The second-order valence-electron chi connectivity index (χ2n) is 6.28. The first-order valence-corrected chi connectivity index (χ1v) is 7.24. The lowest BCUT2D eigenvalue weighted by Crippen LogP contribution is -2.43. The SMILES string of the molecule is CCC(C)(C)C1CCC(NC(=O)C(C)OC)CC1. The van der Waals surface area contributed by atoms with E-state index in [2.05, 4.69) is 26.1 Å². The molecular weight excluding hydrogens is 226 g/mol. The van der Waals surface area contributed by atoms with Crippen LogP contribution in [0.4, 0.5) is 0 Å². The van der Waals surface area contributed by atoms with E-state index in [0.29, 0.717) is 11.5 Å². The van der Waals surface area contributed by atoms with E-state index in [-0.39, 0.29) is 12.0 Å². The summed E-state index contributed by atoms with van der Waals surface area (Å²) in [6.07, 6.45) is 5.57. The standard InChI is InChI=1S/C15H29NO2/c1-6-15(3,4)12-7-9-13(10-8-12)16-14(17)11(2)18-5/h11-13H,6-10H2,1-5H3,(H,16,17). The van der Waals surface area contributed by atoms with Gasteiger partial charge in [-0.25, -0.2) is 0 Å². The van der Waals surface area contributed by atoms with Crippen LogP contribution in [0.25, 0.3) is 0 Å². The van der Waals surface area contributed by atoms with Gasteiger partial charge in [0.2, 0.25) is 5.91 Å². The molecule has 0 aromatic rings. The highest BCUT2D eigenvalue weighted by Gasteiger charge is 2.32. The summed E-state index contributed by atoms with van der Waals surface area (Å²) in [5.41, 5.74) is 0.439. The van der Waals surface area contributed by atoms with Gasteiger partial charge in [-0.3, -0.25) is 4.79 Å². The van der Waals surface area contributed by atoms with Crippen LogP contribution in [0.5, 0.6) is 0 Å². The summed E-state index contributed by atoms with van der Waals surface area (Å²) in [4.78, 5) is 11.7. The predicted molar refractivity (Wildman–Crippen MR) is 74.4 cm³/mol. The van der Waals surface area contributed by atoms with Crippen molar-refractivity contribution in [2.75, 3.05) is 7.11 Å². The van der Waals surface area contributed by atoms with Crippen LogP contribution in [-0.4, -0.2) is 25.2 Å². The van der Waals surface area contributed by atoms with Crippen molar-refractivity contribution >= 4 is 5.91 Å². The molecule has 1 unspecified atom stereocenters. The Kier molecular flexibility index (Phi) is 5.64. The van der Waals surface area contributed by atoms with Crippen LogP contribution in [-0.2, 0) is 9.53 Å². The molecule has 1 N–H and O–H groups in total. The van der Waals surface area contributed by atoms with Gasteiger partial charge in [-0.2, -0.15) is 0 Å². The van der Waals surface area contributed by atoms with Crippen LogP contribution < -0.4 is 5.32 Å². The third-order valence-corrected chi connectivity index (χ3v) is 4.81. The highest BCUT2D eigenvalue weighted by atomic mass is 16.5. The van der Waals surface area contributed by atoms with E-state index in [9.17, 15) is 4.79 Å². The Balaban J connectivity index is 2.38. The molecule has 0 aromatic carbocycles. The summed E-state index contributed by atoms with van der Waals surface area (Å²) in [5.74, 6) is 0.825. The Hall–Kier alpha value is -0.570. The first-order valence-electron chi connectivity index (χ1n) is 7.24. The zero-order valence-electron chi connectivity index (χ0n) is 12.6. The van der Waals surface area contributed by atoms with Gasteiger partial charge in [0, 0.05) is 13.2 Å². The molecule has 1 atom stereocenters. The van der Waals surface area contributed by atoms with Gasteiger partial charge in [0.05, 0.1) is 0 Å². The maximum Gasteiger partial charge on any atom is 0.249 e. The summed E-state index contributed by atoms with van der Waals surface area (Å²) < 4.78 is 5.03. The van der Waals surface area contributed by atoms with E-state index in [1.807, 2.05) is 0 Å². The van der Waals surface area contributed by atoms with E-state index >= 15 is 0 Å². The fourth-order valence-electron chi connectivity index (χ4n) is 2.73. The quantitative estimate of drug-likeness (QED) is 0.819. The van der Waals surface area contributed by atoms with E-state index < -0.39 is 0 Å². The largest absolute Gasteiger partial charge is 0.372 e. The van der Waals surface area contributed by atoms with Crippen LogP contribution in [0, 0.1) is 11.3 Å². The minimum absolute atomic E-state index is 0.0238. The van der Waals surface area contributed by atoms with Gasteiger partial charge in [-0.05, 0) is 43.9 Å². The average Bonchev–Trinajstić information content (AvgIpc) is 2.38. The monoisotopic (exact) mass is 255 g/mol. The lowest BCUT2D eigenvalue weighted by Gasteiger charge is -2.39. The molecule has 18 heavy (non-hydrogen) atoms. The van der Waals surface area contributed by atoms with Crippen LogP contribution in [0.3, 0.4) is 0 Å². The maximum absolute atomic E-state index is 11.7. The number of carbonyl (C=O) groups is 1. The van der Waals surface area contributed by atoms with Crippen molar-refractivity contribution in [3.63, 3.8) is 0 Å². The maximum atomic E-state index is 11.7. The van der Waals surface area contributed by atoms with Crippen LogP contribution in [0.15, 0.2) is 0 Å². The number of amides is 1. The molecule has 106 valence electrons. The number of hydrogen-bond donors (Lipinski definition) is 1. The molecule has 1 fully saturated rings. The van der Waals surface area contributed by atoms with E-state index in [4.69, 9.17) is 4.74 Å². The topological polar surface area (TPSA) is 38.3 Å². The highest BCUT2D eigenvalue weighted by molar-refractivity contribution is 5.80. The van der Waals surface area contributed by atoms with Crippen molar-refractivity contribution in [3.05, 3.63) is 0 Å². The predicted octanol–water partition coefficient (Wildman–Crippen LogP) is 3.13.